The van der Waals surface area contributed by atoms with Crippen molar-refractivity contribution in [3.05, 3.63) is 64.6 Å². The summed E-state index contributed by atoms with van der Waals surface area (Å²) in [6.45, 7) is -0.382. The number of rotatable bonds is 3. The maximum atomic E-state index is 14.3. The van der Waals surface area contributed by atoms with Gasteiger partial charge in [0.05, 0.1) is 22.9 Å². The summed E-state index contributed by atoms with van der Waals surface area (Å²) in [5.74, 6) is -0.386. The second-order valence-electron chi connectivity index (χ2n) is 5.62. The molecule has 0 radical (unpaired) electrons. The van der Waals surface area contributed by atoms with Gasteiger partial charge in [-0.1, -0.05) is 23.7 Å². The average Bonchev–Trinajstić information content (AvgIpc) is 2.64. The molecule has 9 heteroatoms. The summed E-state index contributed by atoms with van der Waals surface area (Å²) in [4.78, 5) is 1.37. The Hall–Kier alpha value is -2.92. The van der Waals surface area contributed by atoms with Gasteiger partial charge in [-0.05, 0) is 24.3 Å². The van der Waals surface area contributed by atoms with E-state index in [9.17, 15) is 17.6 Å². The van der Waals surface area contributed by atoms with Gasteiger partial charge >= 0.3 is 6.18 Å². The molecule has 0 aliphatic carbocycles. The standard InChI is InChI=1S/C18H12ClF4N3O/c19-12-7-13(20)14(26-6-5-17(25-10-26)18(21,22)23)8-16(12)27-15-4-2-1-3-11(15)9-24/h1-5,7-8,25H,6,10H2. The third-order valence-corrected chi connectivity index (χ3v) is 4.15. The molecule has 0 unspecified atom stereocenters. The second kappa shape index (κ2) is 7.37. The summed E-state index contributed by atoms with van der Waals surface area (Å²) in [6, 6.07) is 10.7. The molecule has 4 nitrogen and oxygen atoms in total. The number of ether oxygens (including phenoxy) is 1. The zero-order valence-corrected chi connectivity index (χ0v) is 14.4. The Morgan fingerprint density at radius 1 is 1.19 bits per heavy atom. The lowest BCUT2D eigenvalue weighted by molar-refractivity contribution is -0.0974. The van der Waals surface area contributed by atoms with Crippen molar-refractivity contribution in [2.75, 3.05) is 18.1 Å². The summed E-state index contributed by atoms with van der Waals surface area (Å²) in [6.07, 6.45) is -3.55. The number of halogens is 5. The highest BCUT2D eigenvalue weighted by Gasteiger charge is 2.35. The zero-order valence-electron chi connectivity index (χ0n) is 13.6. The van der Waals surface area contributed by atoms with Crippen LogP contribution in [-0.2, 0) is 0 Å². The van der Waals surface area contributed by atoms with Gasteiger partial charge in [0.15, 0.2) is 0 Å². The maximum absolute atomic E-state index is 14.3. The first-order valence-corrected chi connectivity index (χ1v) is 8.09. The van der Waals surface area contributed by atoms with Gasteiger partial charge in [-0.3, -0.25) is 0 Å². The number of nitrogens with one attached hydrogen (secondary N) is 1. The van der Waals surface area contributed by atoms with Crippen molar-refractivity contribution in [3.63, 3.8) is 0 Å². The van der Waals surface area contributed by atoms with Crippen LogP contribution in [0.4, 0.5) is 23.2 Å². The molecule has 2 aromatic rings. The van der Waals surface area contributed by atoms with Crippen LogP contribution in [0.2, 0.25) is 5.02 Å². The number of nitriles is 1. The van der Waals surface area contributed by atoms with E-state index in [1.54, 1.807) is 24.3 Å². The zero-order chi connectivity index (χ0) is 19.6. The van der Waals surface area contributed by atoms with Gasteiger partial charge in [0.25, 0.3) is 0 Å². The first-order chi connectivity index (χ1) is 12.8. The summed E-state index contributed by atoms with van der Waals surface area (Å²) in [5, 5.41) is 11.3. The van der Waals surface area contributed by atoms with E-state index in [1.165, 1.54) is 11.0 Å². The predicted octanol–water partition coefficient (Wildman–Crippen LogP) is 4.96. The normalized spacial score (nSPS) is 14.2. The Balaban J connectivity index is 1.89. The van der Waals surface area contributed by atoms with Crippen LogP contribution in [0.1, 0.15) is 5.56 Å². The number of benzene rings is 2. The van der Waals surface area contributed by atoms with E-state index in [1.807, 2.05) is 6.07 Å². The van der Waals surface area contributed by atoms with Crippen molar-refractivity contribution in [2.24, 2.45) is 0 Å². The minimum atomic E-state index is -4.49. The summed E-state index contributed by atoms with van der Waals surface area (Å²) >= 11 is 6.03. The van der Waals surface area contributed by atoms with Crippen molar-refractivity contribution in [1.29, 1.82) is 5.26 Å². The lowest BCUT2D eigenvalue weighted by Gasteiger charge is -2.30. The number of alkyl halides is 3. The Morgan fingerprint density at radius 2 is 1.93 bits per heavy atom. The van der Waals surface area contributed by atoms with Crippen molar-refractivity contribution >= 4 is 17.3 Å². The molecule has 27 heavy (non-hydrogen) atoms. The van der Waals surface area contributed by atoms with Crippen LogP contribution >= 0.6 is 11.6 Å². The largest absolute Gasteiger partial charge is 0.454 e. The van der Waals surface area contributed by atoms with Gasteiger partial charge in [-0.2, -0.15) is 18.4 Å². The molecule has 0 amide bonds. The molecule has 3 rings (SSSR count). The minimum Gasteiger partial charge on any atom is -0.454 e. The van der Waals surface area contributed by atoms with Crippen LogP contribution in [0.25, 0.3) is 0 Å². The maximum Gasteiger partial charge on any atom is 0.430 e. The predicted molar refractivity (Wildman–Crippen MR) is 92.1 cm³/mol. The van der Waals surface area contributed by atoms with Gasteiger partial charge in [-0.25, -0.2) is 4.39 Å². The Labute approximate surface area is 157 Å². The van der Waals surface area contributed by atoms with E-state index in [2.05, 4.69) is 5.32 Å². The van der Waals surface area contributed by atoms with Gasteiger partial charge in [0, 0.05) is 12.6 Å². The van der Waals surface area contributed by atoms with Crippen molar-refractivity contribution in [1.82, 2.24) is 5.32 Å². The topological polar surface area (TPSA) is 48.3 Å². The first kappa shape index (κ1) is 18.9. The van der Waals surface area contributed by atoms with Crippen LogP contribution < -0.4 is 15.0 Å². The Kier molecular flexibility index (Phi) is 5.15. The Bertz CT molecular complexity index is 937. The molecular formula is C18H12ClF4N3O. The van der Waals surface area contributed by atoms with Gasteiger partial charge in [0.2, 0.25) is 0 Å². The summed E-state index contributed by atoms with van der Waals surface area (Å²) in [5.41, 5.74) is -0.585. The molecule has 0 saturated heterocycles. The van der Waals surface area contributed by atoms with Gasteiger partial charge < -0.3 is 15.0 Å². The third kappa shape index (κ3) is 4.09. The summed E-state index contributed by atoms with van der Waals surface area (Å²) in [7, 11) is 0. The number of nitrogens with zero attached hydrogens (tertiary/aromatic N) is 2. The van der Waals surface area contributed by atoms with Crippen molar-refractivity contribution in [3.8, 4) is 17.6 Å². The molecule has 140 valence electrons. The highest BCUT2D eigenvalue weighted by atomic mass is 35.5. The lowest BCUT2D eigenvalue weighted by atomic mass is 10.2. The first-order valence-electron chi connectivity index (χ1n) is 7.72. The van der Waals surface area contributed by atoms with Crippen molar-refractivity contribution in [2.45, 2.75) is 6.18 Å². The molecule has 2 aromatic carbocycles. The van der Waals surface area contributed by atoms with Crippen LogP contribution in [-0.4, -0.2) is 19.4 Å². The molecule has 1 heterocycles. The summed E-state index contributed by atoms with van der Waals surface area (Å²) < 4.78 is 58.0. The smallest absolute Gasteiger partial charge is 0.430 e. The SMILES string of the molecule is N#Cc1ccccc1Oc1cc(N2CC=C(C(F)(F)F)NC2)c(F)cc1Cl. The number of anilines is 1. The van der Waals surface area contributed by atoms with Crippen LogP contribution in [0.15, 0.2) is 48.2 Å². The fourth-order valence-electron chi connectivity index (χ4n) is 2.52. The van der Waals surface area contributed by atoms with E-state index in [-0.39, 0.29) is 41.0 Å². The number of para-hydroxylation sites is 1. The van der Waals surface area contributed by atoms with E-state index in [0.717, 1.165) is 12.1 Å². The molecule has 1 aliphatic heterocycles. The van der Waals surface area contributed by atoms with Crippen LogP contribution in [0.3, 0.4) is 0 Å². The Morgan fingerprint density at radius 3 is 2.56 bits per heavy atom. The highest BCUT2D eigenvalue weighted by molar-refractivity contribution is 6.32. The number of allylic oxidation sites excluding steroid dienone is 1. The lowest BCUT2D eigenvalue weighted by Crippen LogP contribution is -2.42. The van der Waals surface area contributed by atoms with E-state index in [0.29, 0.717) is 0 Å². The molecule has 1 aliphatic rings. The van der Waals surface area contributed by atoms with E-state index in [4.69, 9.17) is 21.6 Å². The average molecular weight is 398 g/mol. The molecule has 1 N–H and O–H groups in total. The monoisotopic (exact) mass is 397 g/mol. The fraction of sp³-hybridized carbons (Fsp3) is 0.167. The third-order valence-electron chi connectivity index (χ3n) is 3.85. The van der Waals surface area contributed by atoms with E-state index >= 15 is 0 Å². The minimum absolute atomic E-state index is 0.0220. The van der Waals surface area contributed by atoms with Crippen LogP contribution in [0.5, 0.6) is 11.5 Å². The molecular weight excluding hydrogens is 386 g/mol. The molecule has 0 fully saturated rings. The number of hydrogen-bond acceptors (Lipinski definition) is 4. The quantitative estimate of drug-likeness (QED) is 0.744. The highest BCUT2D eigenvalue weighted by Crippen LogP contribution is 2.37. The van der Waals surface area contributed by atoms with Gasteiger partial charge in [-0.15, -0.1) is 0 Å². The van der Waals surface area contributed by atoms with Crippen LogP contribution in [0, 0.1) is 17.1 Å². The molecule has 0 aromatic heterocycles. The molecule has 0 atom stereocenters. The van der Waals surface area contributed by atoms with Crippen molar-refractivity contribution < 1.29 is 22.3 Å². The fourth-order valence-corrected chi connectivity index (χ4v) is 2.71. The van der Waals surface area contributed by atoms with E-state index < -0.39 is 17.7 Å². The molecule has 0 bridgehead atoms. The second-order valence-corrected chi connectivity index (χ2v) is 6.02. The number of hydrogen-bond donors (Lipinski definition) is 1. The molecule has 0 saturated carbocycles. The molecule has 0 spiro atoms. The van der Waals surface area contributed by atoms with Gasteiger partial charge in [0.1, 0.15) is 29.1 Å².